The van der Waals surface area contributed by atoms with Gasteiger partial charge >= 0.3 is 5.97 Å². The summed E-state index contributed by atoms with van der Waals surface area (Å²) in [6, 6.07) is 0.786. The Morgan fingerprint density at radius 3 is 2.71 bits per heavy atom. The van der Waals surface area contributed by atoms with Crippen molar-refractivity contribution in [3.63, 3.8) is 0 Å². The number of aromatic nitrogens is 1. The first-order valence-electron chi connectivity index (χ1n) is 6.51. The zero-order chi connectivity index (χ0) is 15.4. The van der Waals surface area contributed by atoms with Crippen molar-refractivity contribution in [1.82, 2.24) is 9.88 Å². The number of morpholine rings is 1. The van der Waals surface area contributed by atoms with Crippen LogP contribution in [0.2, 0.25) is 5.02 Å². The number of nitrogens with one attached hydrogen (secondary N) is 1. The number of rotatable bonds is 4. The number of pyridine rings is 1. The summed E-state index contributed by atoms with van der Waals surface area (Å²) in [5, 5.41) is 11.9. The van der Waals surface area contributed by atoms with Gasteiger partial charge in [0, 0.05) is 19.3 Å². The standard InChI is InChI=1S/C13H16ClN3O4/c1-8(12(18)17-2-4-21-5-3-17)16-11-10(14)6-9(7-15-11)13(19)20/h6-8H,2-5H2,1H3,(H,15,16)(H,19,20). The summed E-state index contributed by atoms with van der Waals surface area (Å²) in [5.41, 5.74) is -0.00212. The molecule has 1 saturated heterocycles. The number of hydrogen-bond acceptors (Lipinski definition) is 5. The summed E-state index contributed by atoms with van der Waals surface area (Å²) in [4.78, 5) is 28.7. The normalized spacial score (nSPS) is 16.4. The van der Waals surface area contributed by atoms with Gasteiger partial charge in [-0.1, -0.05) is 11.6 Å². The average Bonchev–Trinajstić information content (AvgIpc) is 2.49. The van der Waals surface area contributed by atoms with E-state index in [0.717, 1.165) is 0 Å². The summed E-state index contributed by atoms with van der Waals surface area (Å²) in [5.74, 6) is -0.886. The zero-order valence-electron chi connectivity index (χ0n) is 11.5. The van der Waals surface area contributed by atoms with E-state index in [-0.39, 0.29) is 22.3 Å². The Labute approximate surface area is 126 Å². The Bertz CT molecular complexity index is 546. The minimum Gasteiger partial charge on any atom is -0.478 e. The molecular weight excluding hydrogens is 298 g/mol. The highest BCUT2D eigenvalue weighted by atomic mass is 35.5. The minimum absolute atomic E-state index is 0.00212. The first-order valence-corrected chi connectivity index (χ1v) is 6.88. The Morgan fingerprint density at radius 2 is 2.14 bits per heavy atom. The van der Waals surface area contributed by atoms with Gasteiger partial charge in [-0.2, -0.15) is 0 Å². The fourth-order valence-electron chi connectivity index (χ4n) is 1.99. The fraction of sp³-hybridized carbons (Fsp3) is 0.462. The van der Waals surface area contributed by atoms with Crippen molar-refractivity contribution in [2.75, 3.05) is 31.6 Å². The maximum atomic E-state index is 12.2. The van der Waals surface area contributed by atoms with Crippen LogP contribution in [0.25, 0.3) is 0 Å². The molecule has 21 heavy (non-hydrogen) atoms. The summed E-state index contributed by atoms with van der Waals surface area (Å²) in [7, 11) is 0. The van der Waals surface area contributed by atoms with E-state index in [4.69, 9.17) is 21.4 Å². The maximum absolute atomic E-state index is 12.2. The number of carbonyl (C=O) groups excluding carboxylic acids is 1. The fourth-order valence-corrected chi connectivity index (χ4v) is 2.21. The molecule has 2 heterocycles. The molecule has 1 aromatic rings. The molecule has 1 fully saturated rings. The molecule has 1 amide bonds. The smallest absolute Gasteiger partial charge is 0.337 e. The first kappa shape index (κ1) is 15.5. The monoisotopic (exact) mass is 313 g/mol. The van der Waals surface area contributed by atoms with E-state index in [1.807, 2.05) is 0 Å². The van der Waals surface area contributed by atoms with Crippen molar-refractivity contribution < 1.29 is 19.4 Å². The van der Waals surface area contributed by atoms with Crippen LogP contribution < -0.4 is 5.32 Å². The molecule has 1 aliphatic rings. The van der Waals surface area contributed by atoms with E-state index < -0.39 is 12.0 Å². The lowest BCUT2D eigenvalue weighted by Crippen LogP contribution is -2.47. The molecule has 7 nitrogen and oxygen atoms in total. The molecule has 0 aromatic carbocycles. The van der Waals surface area contributed by atoms with Crippen LogP contribution in [0.1, 0.15) is 17.3 Å². The van der Waals surface area contributed by atoms with E-state index in [0.29, 0.717) is 26.3 Å². The molecule has 2 rings (SSSR count). The van der Waals surface area contributed by atoms with Crippen LogP contribution in [0.15, 0.2) is 12.3 Å². The van der Waals surface area contributed by atoms with E-state index in [1.54, 1.807) is 11.8 Å². The molecule has 1 unspecified atom stereocenters. The predicted octanol–water partition coefficient (Wildman–Crippen LogP) is 1.09. The van der Waals surface area contributed by atoms with E-state index in [1.165, 1.54) is 12.3 Å². The van der Waals surface area contributed by atoms with Gasteiger partial charge in [0.1, 0.15) is 11.9 Å². The van der Waals surface area contributed by atoms with Gasteiger partial charge in [-0.15, -0.1) is 0 Å². The van der Waals surface area contributed by atoms with Crippen LogP contribution in [-0.4, -0.2) is 59.2 Å². The Balaban J connectivity index is 2.03. The topological polar surface area (TPSA) is 91.8 Å². The quantitative estimate of drug-likeness (QED) is 0.864. The lowest BCUT2D eigenvalue weighted by Gasteiger charge is -2.29. The van der Waals surface area contributed by atoms with Crippen molar-refractivity contribution in [2.45, 2.75) is 13.0 Å². The van der Waals surface area contributed by atoms with Crippen LogP contribution in [0, 0.1) is 0 Å². The Kier molecular flexibility index (Phi) is 4.98. The summed E-state index contributed by atoms with van der Waals surface area (Å²) >= 11 is 5.97. The predicted molar refractivity (Wildman–Crippen MR) is 76.7 cm³/mol. The van der Waals surface area contributed by atoms with Crippen LogP contribution >= 0.6 is 11.6 Å². The van der Waals surface area contributed by atoms with E-state index in [2.05, 4.69) is 10.3 Å². The number of ether oxygens (including phenoxy) is 1. The van der Waals surface area contributed by atoms with Crippen molar-refractivity contribution >= 4 is 29.3 Å². The molecule has 0 saturated carbocycles. The van der Waals surface area contributed by atoms with E-state index >= 15 is 0 Å². The molecule has 0 aliphatic carbocycles. The number of aromatic carboxylic acids is 1. The van der Waals surface area contributed by atoms with Gasteiger partial charge in [0.15, 0.2) is 0 Å². The average molecular weight is 314 g/mol. The number of carboxylic acid groups (broad SMARTS) is 1. The molecular formula is C13H16ClN3O4. The van der Waals surface area contributed by atoms with Crippen LogP contribution in [-0.2, 0) is 9.53 Å². The lowest BCUT2D eigenvalue weighted by atomic mass is 10.2. The Hall–Kier alpha value is -1.86. The largest absolute Gasteiger partial charge is 0.478 e. The first-order chi connectivity index (χ1) is 9.99. The van der Waals surface area contributed by atoms with Gasteiger partial charge in [0.25, 0.3) is 0 Å². The molecule has 0 radical (unpaired) electrons. The van der Waals surface area contributed by atoms with Gasteiger partial charge in [0.2, 0.25) is 5.91 Å². The van der Waals surface area contributed by atoms with Crippen molar-refractivity contribution in [3.8, 4) is 0 Å². The van der Waals surface area contributed by atoms with Crippen LogP contribution in [0.3, 0.4) is 0 Å². The number of amides is 1. The number of carbonyl (C=O) groups is 2. The highest BCUT2D eigenvalue weighted by Crippen LogP contribution is 2.21. The highest BCUT2D eigenvalue weighted by Gasteiger charge is 2.23. The summed E-state index contributed by atoms with van der Waals surface area (Å²) < 4.78 is 5.20. The van der Waals surface area contributed by atoms with Crippen molar-refractivity contribution in [1.29, 1.82) is 0 Å². The molecule has 8 heteroatoms. The molecule has 2 N–H and O–H groups in total. The van der Waals surface area contributed by atoms with Crippen molar-refractivity contribution in [2.24, 2.45) is 0 Å². The third-order valence-electron chi connectivity index (χ3n) is 3.13. The summed E-state index contributed by atoms with van der Waals surface area (Å²) in [6.45, 7) is 3.89. The Morgan fingerprint density at radius 1 is 1.48 bits per heavy atom. The third-order valence-corrected chi connectivity index (χ3v) is 3.42. The molecule has 1 atom stereocenters. The second kappa shape index (κ2) is 6.73. The summed E-state index contributed by atoms with van der Waals surface area (Å²) in [6.07, 6.45) is 1.20. The SMILES string of the molecule is CC(Nc1ncc(C(=O)O)cc1Cl)C(=O)N1CCOCC1. The third kappa shape index (κ3) is 3.83. The second-order valence-corrected chi connectivity index (χ2v) is 5.07. The minimum atomic E-state index is -1.10. The highest BCUT2D eigenvalue weighted by molar-refractivity contribution is 6.33. The van der Waals surface area contributed by atoms with Gasteiger partial charge in [-0.05, 0) is 13.0 Å². The van der Waals surface area contributed by atoms with Crippen LogP contribution in [0.5, 0.6) is 0 Å². The molecule has 1 aromatic heterocycles. The maximum Gasteiger partial charge on any atom is 0.337 e. The molecule has 0 bridgehead atoms. The van der Waals surface area contributed by atoms with Crippen LogP contribution in [0.4, 0.5) is 5.82 Å². The van der Waals surface area contributed by atoms with Crippen molar-refractivity contribution in [3.05, 3.63) is 22.8 Å². The van der Waals surface area contributed by atoms with Gasteiger partial charge in [-0.25, -0.2) is 9.78 Å². The number of halogens is 1. The number of nitrogens with zero attached hydrogens (tertiary/aromatic N) is 2. The molecule has 0 spiro atoms. The van der Waals surface area contributed by atoms with E-state index in [9.17, 15) is 9.59 Å². The number of anilines is 1. The number of hydrogen-bond donors (Lipinski definition) is 2. The zero-order valence-corrected chi connectivity index (χ0v) is 12.3. The lowest BCUT2D eigenvalue weighted by molar-refractivity contribution is -0.135. The van der Waals surface area contributed by atoms with Gasteiger partial charge in [-0.3, -0.25) is 4.79 Å². The van der Waals surface area contributed by atoms with Gasteiger partial charge in [0.05, 0.1) is 23.8 Å². The van der Waals surface area contributed by atoms with Gasteiger partial charge < -0.3 is 20.1 Å². The molecule has 114 valence electrons. The number of carboxylic acids is 1. The second-order valence-electron chi connectivity index (χ2n) is 4.66. The molecule has 1 aliphatic heterocycles.